The fourth-order valence-electron chi connectivity index (χ4n) is 2.26. The van der Waals surface area contributed by atoms with E-state index in [1.54, 1.807) is 0 Å². The first-order valence-electron chi connectivity index (χ1n) is 7.20. The highest BCUT2D eigenvalue weighted by Gasteiger charge is 2.04. The lowest BCUT2D eigenvalue weighted by Gasteiger charge is -2.04. The molecule has 0 amide bonds. The van der Waals surface area contributed by atoms with E-state index in [9.17, 15) is 0 Å². The van der Waals surface area contributed by atoms with E-state index in [4.69, 9.17) is 0 Å². The summed E-state index contributed by atoms with van der Waals surface area (Å²) in [5, 5.41) is 4.69. The van der Waals surface area contributed by atoms with Crippen molar-refractivity contribution in [3.63, 3.8) is 0 Å². The van der Waals surface area contributed by atoms with Crippen LogP contribution < -0.4 is 71.7 Å². The number of halogens is 4. The summed E-state index contributed by atoms with van der Waals surface area (Å²) in [5.74, 6) is 0. The third-order valence-electron chi connectivity index (χ3n) is 3.54. The normalized spacial score (nSPS) is 8.92. The molecule has 0 spiro atoms. The number of nitrogens with two attached hydrogens (primary N) is 2. The van der Waals surface area contributed by atoms with Gasteiger partial charge in [0.1, 0.15) is 37.6 Å². The lowest BCUT2D eigenvalue weighted by atomic mass is 10.2. The maximum atomic E-state index is 4.05. The van der Waals surface area contributed by atoms with Crippen LogP contribution in [-0.4, -0.2) is 13.1 Å². The second kappa shape index (κ2) is 15.9. The van der Waals surface area contributed by atoms with E-state index < -0.39 is 0 Å². The van der Waals surface area contributed by atoms with Gasteiger partial charge in [-0.05, 0) is 24.3 Å². The van der Waals surface area contributed by atoms with Crippen molar-refractivity contribution in [2.24, 2.45) is 0 Å². The van der Waals surface area contributed by atoms with Gasteiger partial charge in [-0.3, -0.25) is 0 Å². The number of quaternary nitrogens is 4. The molecule has 0 heterocycles. The molecular formula is C16H26Cl4N4. The summed E-state index contributed by atoms with van der Waals surface area (Å²) in [6.07, 6.45) is 0. The molecule has 10 N–H and O–H groups in total. The van der Waals surface area contributed by atoms with Gasteiger partial charge < -0.3 is 71.7 Å². The van der Waals surface area contributed by atoms with E-state index in [-0.39, 0.29) is 49.6 Å². The highest BCUT2D eigenvalue weighted by atomic mass is 35.5. The molecule has 0 radical (unpaired) electrons. The molecule has 0 aliphatic carbocycles. The van der Waals surface area contributed by atoms with Crippen LogP contribution in [0.2, 0.25) is 0 Å². The Morgan fingerprint density at radius 3 is 1.25 bits per heavy atom. The van der Waals surface area contributed by atoms with Gasteiger partial charge in [0.05, 0.1) is 11.1 Å². The predicted molar refractivity (Wildman–Crippen MR) is 79.0 cm³/mol. The Morgan fingerprint density at radius 1 is 0.583 bits per heavy atom. The molecule has 0 unspecified atom stereocenters. The molecular weight excluding hydrogens is 390 g/mol. The molecule has 0 aliphatic rings. The lowest BCUT2D eigenvalue weighted by molar-refractivity contribution is -0.738. The predicted octanol–water partition coefficient (Wildman–Crippen LogP) is -13.7. The third kappa shape index (κ3) is 9.67. The SMILES string of the molecule is [Cl-].[Cl-].[Cl-].[Cl-].[NH3+]c1ccccc1C[NH2+]CC[NH2+]Cc1ccccc1[NH3+]. The first kappa shape index (κ1) is 28.3. The third-order valence-corrected chi connectivity index (χ3v) is 3.54. The van der Waals surface area contributed by atoms with Crippen LogP contribution in [0.1, 0.15) is 11.1 Å². The van der Waals surface area contributed by atoms with Gasteiger partial charge in [0.25, 0.3) is 0 Å². The molecule has 2 rings (SSSR count). The molecule has 4 nitrogen and oxygen atoms in total. The Balaban J connectivity index is -0.00000110. The van der Waals surface area contributed by atoms with Gasteiger partial charge in [-0.2, -0.15) is 0 Å². The van der Waals surface area contributed by atoms with Crippen LogP contribution in [0.4, 0.5) is 11.4 Å². The zero-order valence-electron chi connectivity index (χ0n) is 13.5. The Morgan fingerprint density at radius 2 is 0.917 bits per heavy atom. The fraction of sp³-hybridized carbons (Fsp3) is 0.250. The van der Waals surface area contributed by atoms with Crippen molar-refractivity contribution in [1.82, 2.24) is 0 Å². The monoisotopic (exact) mass is 414 g/mol. The van der Waals surface area contributed by atoms with Crippen molar-refractivity contribution >= 4 is 11.4 Å². The standard InChI is InChI=1S/C16H22N4.4ClH/c17-15-7-3-1-5-13(15)11-19-9-10-20-12-14-6-2-4-8-16(14)18;;;;/h1-8,19-20H,9-12,17-18H2;4*1H. The maximum absolute atomic E-state index is 4.05. The summed E-state index contributed by atoms with van der Waals surface area (Å²) < 4.78 is 0. The van der Waals surface area contributed by atoms with Crippen LogP contribution in [0.25, 0.3) is 0 Å². The fourth-order valence-corrected chi connectivity index (χ4v) is 2.26. The van der Waals surface area contributed by atoms with Crippen molar-refractivity contribution < 1.29 is 71.7 Å². The molecule has 0 aromatic heterocycles. The van der Waals surface area contributed by atoms with Gasteiger partial charge in [-0.25, -0.2) is 0 Å². The molecule has 0 aliphatic heterocycles. The minimum Gasteiger partial charge on any atom is -1.00 e. The molecule has 0 bridgehead atoms. The molecule has 2 aromatic rings. The van der Waals surface area contributed by atoms with E-state index in [1.165, 1.54) is 11.1 Å². The maximum Gasteiger partial charge on any atom is 0.136 e. The summed E-state index contributed by atoms with van der Waals surface area (Å²) in [4.78, 5) is 0. The summed E-state index contributed by atoms with van der Waals surface area (Å²) in [6, 6.07) is 16.7. The average molecular weight is 416 g/mol. The summed E-state index contributed by atoms with van der Waals surface area (Å²) >= 11 is 0. The number of benzene rings is 2. The molecule has 24 heavy (non-hydrogen) atoms. The highest BCUT2D eigenvalue weighted by Crippen LogP contribution is 2.06. The van der Waals surface area contributed by atoms with Crippen LogP contribution in [0, 0.1) is 0 Å². The van der Waals surface area contributed by atoms with Crippen molar-refractivity contribution in [2.75, 3.05) is 13.1 Å². The van der Waals surface area contributed by atoms with E-state index in [0.717, 1.165) is 37.6 Å². The van der Waals surface area contributed by atoms with Gasteiger partial charge in [-0.15, -0.1) is 0 Å². The van der Waals surface area contributed by atoms with Crippen molar-refractivity contribution in [2.45, 2.75) is 13.1 Å². The zero-order valence-corrected chi connectivity index (χ0v) is 16.6. The average Bonchev–Trinajstić information content (AvgIpc) is 2.46. The van der Waals surface area contributed by atoms with Crippen molar-refractivity contribution in [3.8, 4) is 0 Å². The topological polar surface area (TPSA) is 88.5 Å². The van der Waals surface area contributed by atoms with E-state index >= 15 is 0 Å². The lowest BCUT2D eigenvalue weighted by Crippen LogP contribution is -3.00. The smallest absolute Gasteiger partial charge is 0.136 e. The van der Waals surface area contributed by atoms with E-state index in [0.29, 0.717) is 0 Å². The van der Waals surface area contributed by atoms with Gasteiger partial charge in [0.15, 0.2) is 0 Å². The Kier molecular flexibility index (Phi) is 18.8. The Labute approximate surface area is 168 Å². The first-order chi connectivity index (χ1) is 9.77. The Bertz CT molecular complexity index is 506. The molecule has 2 aromatic carbocycles. The summed E-state index contributed by atoms with van der Waals surface area (Å²) in [7, 11) is 0. The van der Waals surface area contributed by atoms with Gasteiger partial charge in [0.2, 0.25) is 0 Å². The summed E-state index contributed by atoms with van der Waals surface area (Å²) in [6.45, 7) is 4.26. The van der Waals surface area contributed by atoms with Crippen LogP contribution in [0.5, 0.6) is 0 Å². The van der Waals surface area contributed by atoms with Crippen LogP contribution in [-0.2, 0) is 13.1 Å². The molecule has 0 fully saturated rings. The van der Waals surface area contributed by atoms with Crippen LogP contribution in [0.15, 0.2) is 48.5 Å². The van der Waals surface area contributed by atoms with Crippen LogP contribution in [0.3, 0.4) is 0 Å². The first-order valence-corrected chi connectivity index (χ1v) is 7.20. The second-order valence-electron chi connectivity index (χ2n) is 5.10. The largest absolute Gasteiger partial charge is 1.00 e. The molecule has 138 valence electrons. The van der Waals surface area contributed by atoms with Gasteiger partial charge in [-0.1, -0.05) is 24.3 Å². The molecule has 0 saturated heterocycles. The van der Waals surface area contributed by atoms with Crippen LogP contribution >= 0.6 is 0 Å². The van der Waals surface area contributed by atoms with Crippen molar-refractivity contribution in [3.05, 3.63) is 59.7 Å². The number of rotatable bonds is 7. The Hall–Kier alpha value is -0.560. The number of hydrogen-bond donors (Lipinski definition) is 4. The number of hydrogen-bond acceptors (Lipinski definition) is 0. The molecule has 0 saturated carbocycles. The quantitative estimate of drug-likeness (QED) is 0.323. The minimum absolute atomic E-state index is 0. The summed E-state index contributed by atoms with van der Waals surface area (Å²) in [5.41, 5.74) is 13.0. The van der Waals surface area contributed by atoms with E-state index in [1.807, 2.05) is 12.1 Å². The second-order valence-corrected chi connectivity index (χ2v) is 5.10. The van der Waals surface area contributed by atoms with Gasteiger partial charge in [0, 0.05) is 0 Å². The highest BCUT2D eigenvalue weighted by molar-refractivity contribution is 5.37. The molecule has 0 atom stereocenters. The van der Waals surface area contributed by atoms with Gasteiger partial charge >= 0.3 is 0 Å². The van der Waals surface area contributed by atoms with E-state index in [2.05, 4.69) is 58.5 Å². The zero-order chi connectivity index (χ0) is 14.2. The molecule has 8 heteroatoms. The van der Waals surface area contributed by atoms with Crippen molar-refractivity contribution in [1.29, 1.82) is 0 Å². The minimum atomic E-state index is 0.